The van der Waals surface area contributed by atoms with Crippen LogP contribution in [0.15, 0.2) is 18.2 Å². The highest BCUT2D eigenvalue weighted by molar-refractivity contribution is 5.73. The van der Waals surface area contributed by atoms with Crippen molar-refractivity contribution >= 4 is 6.03 Å². The number of piperidine rings is 1. The van der Waals surface area contributed by atoms with Crippen molar-refractivity contribution in [1.29, 1.82) is 0 Å². The van der Waals surface area contributed by atoms with Crippen LogP contribution in [0.1, 0.15) is 24.0 Å². The number of benzene rings is 1. The molecule has 1 aliphatic heterocycles. The minimum atomic E-state index is -0.373. The van der Waals surface area contributed by atoms with Crippen LogP contribution in [0.2, 0.25) is 0 Å². The summed E-state index contributed by atoms with van der Waals surface area (Å²) in [6.45, 7) is 1.85. The van der Waals surface area contributed by atoms with Gasteiger partial charge in [0.2, 0.25) is 0 Å². The Labute approximate surface area is 130 Å². The molecule has 122 valence electrons. The Bertz CT molecular complexity index is 514. The molecule has 0 aromatic heterocycles. The normalized spacial score (nSPS) is 15.9. The van der Waals surface area contributed by atoms with Gasteiger partial charge in [-0.3, -0.25) is 0 Å². The Balaban J connectivity index is 1.81. The molecule has 22 heavy (non-hydrogen) atoms. The van der Waals surface area contributed by atoms with Crippen molar-refractivity contribution in [2.75, 3.05) is 27.2 Å². The zero-order valence-corrected chi connectivity index (χ0v) is 13.2. The molecule has 0 spiro atoms. The first kappa shape index (κ1) is 16.7. The summed E-state index contributed by atoms with van der Waals surface area (Å²) in [4.78, 5) is 15.3. The fourth-order valence-electron chi connectivity index (χ4n) is 2.68. The van der Waals surface area contributed by atoms with Gasteiger partial charge >= 0.3 is 6.03 Å². The molecule has 5 nitrogen and oxygen atoms in total. The number of aliphatic hydroxyl groups is 1. The number of urea groups is 1. The van der Waals surface area contributed by atoms with Gasteiger partial charge in [0.25, 0.3) is 0 Å². The van der Waals surface area contributed by atoms with Crippen molar-refractivity contribution in [1.82, 2.24) is 15.1 Å². The fraction of sp³-hybridized carbons (Fsp3) is 0.562. The van der Waals surface area contributed by atoms with Crippen molar-refractivity contribution in [3.05, 3.63) is 35.1 Å². The molecule has 6 heteroatoms. The van der Waals surface area contributed by atoms with Crippen LogP contribution in [0.5, 0.6) is 0 Å². The van der Waals surface area contributed by atoms with Gasteiger partial charge in [-0.05, 0) is 30.5 Å². The molecular formula is C16H24FN3O2. The second-order valence-corrected chi connectivity index (χ2v) is 5.90. The summed E-state index contributed by atoms with van der Waals surface area (Å²) < 4.78 is 13.3. The van der Waals surface area contributed by atoms with Crippen molar-refractivity contribution in [2.24, 2.45) is 0 Å². The SMILES string of the molecule is CN(C)C(=O)N1CCC(NCc2ccc(F)c(CO)c2)CC1. The number of halogens is 1. The van der Waals surface area contributed by atoms with E-state index >= 15 is 0 Å². The van der Waals surface area contributed by atoms with Crippen LogP contribution < -0.4 is 5.32 Å². The molecular weight excluding hydrogens is 285 g/mol. The Morgan fingerprint density at radius 3 is 2.68 bits per heavy atom. The molecule has 0 saturated carbocycles. The van der Waals surface area contributed by atoms with Crippen molar-refractivity contribution in [3.8, 4) is 0 Å². The van der Waals surface area contributed by atoms with Gasteiger partial charge < -0.3 is 20.2 Å². The maximum absolute atomic E-state index is 13.3. The number of nitrogens with zero attached hydrogens (tertiary/aromatic N) is 2. The van der Waals surface area contributed by atoms with E-state index in [9.17, 15) is 9.18 Å². The maximum atomic E-state index is 13.3. The number of likely N-dealkylation sites (tertiary alicyclic amines) is 1. The van der Waals surface area contributed by atoms with Crippen LogP contribution in [0.3, 0.4) is 0 Å². The van der Waals surface area contributed by atoms with E-state index < -0.39 is 0 Å². The molecule has 1 fully saturated rings. The Morgan fingerprint density at radius 2 is 2.09 bits per heavy atom. The third-order valence-corrected chi connectivity index (χ3v) is 4.02. The molecule has 1 saturated heterocycles. The lowest BCUT2D eigenvalue weighted by atomic mass is 10.0. The van der Waals surface area contributed by atoms with Crippen LogP contribution in [0.4, 0.5) is 9.18 Å². The Morgan fingerprint density at radius 1 is 1.41 bits per heavy atom. The highest BCUT2D eigenvalue weighted by Gasteiger charge is 2.23. The number of rotatable bonds is 4. The quantitative estimate of drug-likeness (QED) is 0.887. The highest BCUT2D eigenvalue weighted by atomic mass is 19.1. The Hall–Kier alpha value is -1.66. The van der Waals surface area contributed by atoms with Crippen LogP contribution in [0, 0.1) is 5.82 Å². The highest BCUT2D eigenvalue weighted by Crippen LogP contribution is 2.14. The number of carbonyl (C=O) groups is 1. The zero-order valence-electron chi connectivity index (χ0n) is 13.2. The molecule has 1 aromatic rings. The summed E-state index contributed by atoms with van der Waals surface area (Å²) >= 11 is 0. The molecule has 2 N–H and O–H groups in total. The van der Waals surface area contributed by atoms with E-state index in [2.05, 4.69) is 5.32 Å². The number of hydrogen-bond acceptors (Lipinski definition) is 3. The third kappa shape index (κ3) is 4.18. The predicted molar refractivity (Wildman–Crippen MR) is 82.8 cm³/mol. The molecule has 1 heterocycles. The third-order valence-electron chi connectivity index (χ3n) is 4.02. The van der Waals surface area contributed by atoms with E-state index in [-0.39, 0.29) is 18.5 Å². The van der Waals surface area contributed by atoms with E-state index in [1.54, 1.807) is 31.1 Å². The molecule has 1 aliphatic rings. The summed E-state index contributed by atoms with van der Waals surface area (Å²) in [6.07, 6.45) is 1.82. The summed E-state index contributed by atoms with van der Waals surface area (Å²) in [6, 6.07) is 5.22. The summed E-state index contributed by atoms with van der Waals surface area (Å²) in [5.74, 6) is -0.373. The van der Waals surface area contributed by atoms with Crippen molar-refractivity contribution in [2.45, 2.75) is 32.0 Å². The molecule has 1 aromatic carbocycles. The summed E-state index contributed by atoms with van der Waals surface area (Å²) in [5, 5.41) is 12.5. The number of aliphatic hydroxyl groups excluding tert-OH is 1. The summed E-state index contributed by atoms with van der Waals surface area (Å²) in [5.41, 5.74) is 1.28. The second-order valence-electron chi connectivity index (χ2n) is 5.90. The van der Waals surface area contributed by atoms with Crippen LogP contribution in [-0.4, -0.2) is 54.2 Å². The first-order valence-electron chi connectivity index (χ1n) is 7.59. The van der Waals surface area contributed by atoms with Crippen LogP contribution in [-0.2, 0) is 13.2 Å². The second kappa shape index (κ2) is 7.56. The van der Waals surface area contributed by atoms with Crippen molar-refractivity contribution < 1.29 is 14.3 Å². The fourth-order valence-corrected chi connectivity index (χ4v) is 2.68. The van der Waals surface area contributed by atoms with Crippen molar-refractivity contribution in [3.63, 3.8) is 0 Å². The van der Waals surface area contributed by atoms with E-state index in [4.69, 9.17) is 5.11 Å². The van der Waals surface area contributed by atoms with Crippen LogP contribution in [0.25, 0.3) is 0 Å². The first-order valence-corrected chi connectivity index (χ1v) is 7.59. The Kier molecular flexibility index (Phi) is 5.74. The van der Waals surface area contributed by atoms with E-state index in [1.165, 1.54) is 6.07 Å². The monoisotopic (exact) mass is 309 g/mol. The lowest BCUT2D eigenvalue weighted by Crippen LogP contribution is -2.47. The predicted octanol–water partition coefficient (Wildman–Crippen LogP) is 1.55. The van der Waals surface area contributed by atoms with Gasteiger partial charge in [-0.15, -0.1) is 0 Å². The number of amides is 2. The molecule has 0 radical (unpaired) electrons. The minimum Gasteiger partial charge on any atom is -0.392 e. The number of hydrogen-bond donors (Lipinski definition) is 2. The zero-order chi connectivity index (χ0) is 16.1. The van der Waals surface area contributed by atoms with Crippen LogP contribution >= 0.6 is 0 Å². The average Bonchev–Trinajstić information content (AvgIpc) is 2.53. The van der Waals surface area contributed by atoms with Gasteiger partial charge in [0.05, 0.1) is 6.61 Å². The molecule has 0 atom stereocenters. The average molecular weight is 309 g/mol. The smallest absolute Gasteiger partial charge is 0.319 e. The van der Waals surface area contributed by atoms with Gasteiger partial charge in [-0.1, -0.05) is 6.07 Å². The maximum Gasteiger partial charge on any atom is 0.319 e. The molecule has 2 rings (SSSR count). The minimum absolute atomic E-state index is 0.0598. The van der Waals surface area contributed by atoms with Gasteiger partial charge in [0, 0.05) is 45.3 Å². The van der Waals surface area contributed by atoms with E-state index in [0.717, 1.165) is 31.5 Å². The molecule has 2 amide bonds. The van der Waals surface area contributed by atoms with E-state index in [0.29, 0.717) is 18.2 Å². The van der Waals surface area contributed by atoms with Gasteiger partial charge in [0.15, 0.2) is 0 Å². The van der Waals surface area contributed by atoms with Gasteiger partial charge in [-0.25, -0.2) is 9.18 Å². The topological polar surface area (TPSA) is 55.8 Å². The number of nitrogens with one attached hydrogen (secondary N) is 1. The standard InChI is InChI=1S/C16H24FN3O2/c1-19(2)16(22)20-7-5-14(6-8-20)18-10-12-3-4-15(17)13(9-12)11-21/h3-4,9,14,18,21H,5-8,10-11H2,1-2H3. The largest absolute Gasteiger partial charge is 0.392 e. The van der Waals surface area contributed by atoms with Gasteiger partial charge in [0.1, 0.15) is 5.82 Å². The lowest BCUT2D eigenvalue weighted by Gasteiger charge is -2.34. The molecule has 0 unspecified atom stereocenters. The number of carbonyl (C=O) groups excluding carboxylic acids is 1. The first-order chi connectivity index (χ1) is 10.5. The lowest BCUT2D eigenvalue weighted by molar-refractivity contribution is 0.152. The van der Waals surface area contributed by atoms with E-state index in [1.807, 2.05) is 4.90 Å². The van der Waals surface area contributed by atoms with Gasteiger partial charge in [-0.2, -0.15) is 0 Å². The molecule has 0 aliphatic carbocycles. The summed E-state index contributed by atoms with van der Waals surface area (Å²) in [7, 11) is 3.53. The molecule has 0 bridgehead atoms.